The number of ether oxygens (including phenoxy) is 1. The first kappa shape index (κ1) is 21.9. The first-order chi connectivity index (χ1) is 14.4. The third kappa shape index (κ3) is 6.12. The van der Waals surface area contributed by atoms with Crippen molar-refractivity contribution < 1.29 is 18.3 Å². The van der Waals surface area contributed by atoms with Crippen LogP contribution in [0.25, 0.3) is 0 Å². The summed E-state index contributed by atoms with van der Waals surface area (Å²) in [5.41, 5.74) is 2.72. The van der Waals surface area contributed by atoms with Gasteiger partial charge in [-0.2, -0.15) is 10.3 Å². The number of benzene rings is 3. The number of nitrogens with zero attached hydrogens (tertiary/aromatic N) is 1. The lowest BCUT2D eigenvalue weighted by Gasteiger charge is -2.19. The second-order valence-corrected chi connectivity index (χ2v) is 8.98. The molecule has 3 aromatic carbocycles. The van der Waals surface area contributed by atoms with Crippen LogP contribution in [0.2, 0.25) is 0 Å². The quantitative estimate of drug-likeness (QED) is 0.230. The monoisotopic (exact) mass is 488 g/mol. The Bertz CT molecular complexity index is 1050. The van der Waals surface area contributed by atoms with Crippen molar-refractivity contribution >= 4 is 29.9 Å². The van der Waals surface area contributed by atoms with Gasteiger partial charge in [0, 0.05) is 0 Å². The van der Waals surface area contributed by atoms with E-state index >= 15 is 0 Å². The van der Waals surface area contributed by atoms with Crippen molar-refractivity contribution in [1.29, 1.82) is 0 Å². The van der Waals surface area contributed by atoms with Crippen molar-refractivity contribution in [2.45, 2.75) is 13.8 Å². The normalized spacial score (nSPS) is 11.3. The molecule has 0 heterocycles. The van der Waals surface area contributed by atoms with Crippen LogP contribution in [0.1, 0.15) is 16.7 Å². The molecule has 0 aliphatic heterocycles. The maximum Gasteiger partial charge on any atom is 0.557 e. The molecule has 30 heavy (non-hydrogen) atoms. The van der Waals surface area contributed by atoms with E-state index in [1.807, 2.05) is 50.2 Å². The predicted molar refractivity (Wildman–Crippen MR) is 123 cm³/mol. The molecule has 8 heteroatoms. The standard InChI is InChI=1S/C22H22BrN2O4P/c1-16-6-4-8-19(12-16)28-30(26,29-20-9-5-7-17(2)13-20)25-24-15-18-10-11-22(27-3)21(23)14-18/h4-15H,1-3H3,(H,25,26)/b24-15-. The molecule has 0 aliphatic carbocycles. The highest BCUT2D eigenvalue weighted by molar-refractivity contribution is 9.10. The summed E-state index contributed by atoms with van der Waals surface area (Å²) in [6, 6.07) is 19.9. The van der Waals surface area contributed by atoms with Gasteiger partial charge in [-0.1, -0.05) is 24.3 Å². The van der Waals surface area contributed by atoms with Crippen LogP contribution in [0.15, 0.2) is 76.3 Å². The number of halogens is 1. The van der Waals surface area contributed by atoms with E-state index in [0.29, 0.717) is 17.2 Å². The molecule has 0 unspecified atom stereocenters. The van der Waals surface area contributed by atoms with Crippen molar-refractivity contribution in [3.8, 4) is 17.2 Å². The highest BCUT2D eigenvalue weighted by atomic mass is 79.9. The van der Waals surface area contributed by atoms with Gasteiger partial charge in [0.25, 0.3) is 0 Å². The average Bonchev–Trinajstić information content (AvgIpc) is 2.68. The predicted octanol–water partition coefficient (Wildman–Crippen LogP) is 6.26. The van der Waals surface area contributed by atoms with E-state index in [1.165, 1.54) is 6.21 Å². The topological polar surface area (TPSA) is 69.2 Å². The zero-order valence-corrected chi connectivity index (χ0v) is 19.3. The van der Waals surface area contributed by atoms with Gasteiger partial charge in [-0.05, 0) is 88.9 Å². The first-order valence-electron chi connectivity index (χ1n) is 9.13. The lowest BCUT2D eigenvalue weighted by atomic mass is 10.2. The number of methoxy groups -OCH3 is 1. The Morgan fingerprint density at radius 1 is 0.933 bits per heavy atom. The van der Waals surface area contributed by atoms with Crippen molar-refractivity contribution in [3.63, 3.8) is 0 Å². The van der Waals surface area contributed by atoms with Gasteiger partial charge < -0.3 is 13.8 Å². The summed E-state index contributed by atoms with van der Waals surface area (Å²) in [5, 5.41) is 6.66. The fourth-order valence-electron chi connectivity index (χ4n) is 2.62. The van der Waals surface area contributed by atoms with Crippen LogP contribution in [0.3, 0.4) is 0 Å². The van der Waals surface area contributed by atoms with Gasteiger partial charge >= 0.3 is 7.75 Å². The molecule has 0 bridgehead atoms. The van der Waals surface area contributed by atoms with E-state index in [4.69, 9.17) is 13.8 Å². The molecule has 0 fully saturated rings. The van der Waals surface area contributed by atoms with Crippen LogP contribution >= 0.6 is 23.7 Å². The van der Waals surface area contributed by atoms with Gasteiger partial charge in [-0.3, -0.25) is 0 Å². The molecule has 0 saturated carbocycles. The molecule has 0 spiro atoms. The molecule has 3 aromatic rings. The maximum absolute atomic E-state index is 13.4. The van der Waals surface area contributed by atoms with E-state index in [1.54, 1.807) is 37.4 Å². The average molecular weight is 489 g/mol. The summed E-state index contributed by atoms with van der Waals surface area (Å²) < 4.78 is 30.8. The minimum atomic E-state index is -3.85. The largest absolute Gasteiger partial charge is 0.557 e. The molecule has 1 N–H and O–H groups in total. The van der Waals surface area contributed by atoms with E-state index in [-0.39, 0.29) is 0 Å². The van der Waals surface area contributed by atoms with Crippen LogP contribution in [-0.2, 0) is 4.57 Å². The zero-order chi connectivity index (χ0) is 21.6. The summed E-state index contributed by atoms with van der Waals surface area (Å²) in [6.45, 7) is 3.85. The molecule has 0 aliphatic rings. The molecular weight excluding hydrogens is 467 g/mol. The number of hydrogen-bond acceptors (Lipinski definition) is 5. The molecule has 156 valence electrons. The number of nitrogens with one attached hydrogen (secondary N) is 1. The van der Waals surface area contributed by atoms with Crippen molar-refractivity contribution in [3.05, 3.63) is 87.9 Å². The molecule has 0 aromatic heterocycles. The van der Waals surface area contributed by atoms with E-state index in [2.05, 4.69) is 26.2 Å². The summed E-state index contributed by atoms with van der Waals surface area (Å²) in [6.07, 6.45) is 1.52. The first-order valence-corrected chi connectivity index (χ1v) is 11.5. The number of hydrazone groups is 1. The minimum Gasteiger partial charge on any atom is -0.496 e. The molecule has 0 saturated heterocycles. The number of aryl methyl sites for hydroxylation is 2. The Morgan fingerprint density at radius 2 is 1.53 bits per heavy atom. The molecule has 3 rings (SSSR count). The van der Waals surface area contributed by atoms with Crippen molar-refractivity contribution in [1.82, 2.24) is 5.20 Å². The Hall–Kier alpha value is -2.76. The Morgan fingerprint density at radius 3 is 2.03 bits per heavy atom. The molecule has 0 atom stereocenters. The number of hydrogen-bond donors (Lipinski definition) is 1. The lowest BCUT2D eigenvalue weighted by molar-refractivity contribution is 0.372. The lowest BCUT2D eigenvalue weighted by Crippen LogP contribution is -2.14. The minimum absolute atomic E-state index is 0.417. The van der Waals surface area contributed by atoms with E-state index < -0.39 is 7.75 Å². The summed E-state index contributed by atoms with van der Waals surface area (Å²) in [5.74, 6) is 1.54. The zero-order valence-electron chi connectivity index (χ0n) is 16.8. The van der Waals surface area contributed by atoms with E-state index in [9.17, 15) is 4.57 Å². The number of rotatable bonds is 8. The van der Waals surface area contributed by atoms with E-state index in [0.717, 1.165) is 21.2 Å². The molecule has 0 radical (unpaired) electrons. The summed E-state index contributed by atoms with van der Waals surface area (Å²) >= 11 is 3.43. The summed E-state index contributed by atoms with van der Waals surface area (Å²) in [4.78, 5) is 0. The van der Waals surface area contributed by atoms with Crippen LogP contribution < -0.4 is 19.0 Å². The Balaban J connectivity index is 1.83. The van der Waals surface area contributed by atoms with Gasteiger partial charge in [-0.25, -0.2) is 4.57 Å². The van der Waals surface area contributed by atoms with Gasteiger partial charge in [0.15, 0.2) is 0 Å². The molecule has 0 amide bonds. The molecule has 6 nitrogen and oxygen atoms in total. The molecular formula is C22H22BrN2O4P. The van der Waals surface area contributed by atoms with Crippen molar-refractivity contribution in [2.24, 2.45) is 5.10 Å². The van der Waals surface area contributed by atoms with Crippen LogP contribution in [0, 0.1) is 13.8 Å². The fraction of sp³-hybridized carbons (Fsp3) is 0.136. The third-order valence-electron chi connectivity index (χ3n) is 4.00. The highest BCUT2D eigenvalue weighted by Gasteiger charge is 2.28. The summed E-state index contributed by atoms with van der Waals surface area (Å²) in [7, 11) is -2.26. The van der Waals surface area contributed by atoms with Gasteiger partial charge in [-0.15, -0.1) is 0 Å². The second kappa shape index (κ2) is 9.83. The van der Waals surface area contributed by atoms with Gasteiger partial charge in [0.05, 0.1) is 17.8 Å². The third-order valence-corrected chi connectivity index (χ3v) is 5.88. The Kier molecular flexibility index (Phi) is 7.19. The van der Waals surface area contributed by atoms with Gasteiger partial charge in [0.2, 0.25) is 0 Å². The van der Waals surface area contributed by atoms with Crippen LogP contribution in [0.5, 0.6) is 17.2 Å². The van der Waals surface area contributed by atoms with Crippen LogP contribution in [0.4, 0.5) is 0 Å². The Labute approximate surface area is 184 Å². The highest BCUT2D eigenvalue weighted by Crippen LogP contribution is 2.45. The van der Waals surface area contributed by atoms with Crippen LogP contribution in [-0.4, -0.2) is 13.3 Å². The fourth-order valence-corrected chi connectivity index (χ4v) is 4.28. The maximum atomic E-state index is 13.4. The smallest absolute Gasteiger partial charge is 0.496 e. The second-order valence-electron chi connectivity index (χ2n) is 6.57. The van der Waals surface area contributed by atoms with Gasteiger partial charge in [0.1, 0.15) is 17.2 Å². The van der Waals surface area contributed by atoms with Crippen molar-refractivity contribution in [2.75, 3.05) is 7.11 Å². The SMILES string of the molecule is COc1ccc(/C=N\NP(=O)(Oc2cccc(C)c2)Oc2cccc(C)c2)cc1Br.